The van der Waals surface area contributed by atoms with Gasteiger partial charge in [0.05, 0.1) is 4.90 Å². The van der Waals surface area contributed by atoms with Gasteiger partial charge < -0.3 is 5.32 Å². The van der Waals surface area contributed by atoms with Crippen molar-refractivity contribution in [1.29, 1.82) is 0 Å². The van der Waals surface area contributed by atoms with Crippen molar-refractivity contribution in [2.24, 2.45) is 0 Å². The summed E-state index contributed by atoms with van der Waals surface area (Å²) in [6.07, 6.45) is 0. The van der Waals surface area contributed by atoms with Crippen LogP contribution in [0.15, 0.2) is 47.4 Å². The van der Waals surface area contributed by atoms with Crippen LogP contribution in [-0.2, 0) is 14.8 Å². The molecule has 132 valence electrons. The van der Waals surface area contributed by atoms with Crippen molar-refractivity contribution in [3.8, 4) is 0 Å². The Bertz CT molecular complexity index is 916. The highest BCUT2D eigenvalue weighted by molar-refractivity contribution is 7.89. The highest BCUT2D eigenvalue weighted by Crippen LogP contribution is 2.30. The molecule has 1 N–H and O–H groups in total. The average molecular weight is 383 g/mol. The number of nitrogens with one attached hydrogen (secondary N) is 1. The lowest BCUT2D eigenvalue weighted by molar-refractivity contribution is -0.126. The SMILES string of the molecule is Cc1cc(S(=O)(=O)N2CCNC(=O)C2c2ccc(Cl)cc2)ccc1F. The number of aryl methyl sites for hydroxylation is 1. The number of hydrogen-bond acceptors (Lipinski definition) is 3. The van der Waals surface area contributed by atoms with Crippen LogP contribution in [0.2, 0.25) is 5.02 Å². The van der Waals surface area contributed by atoms with Crippen molar-refractivity contribution in [3.63, 3.8) is 0 Å². The molecule has 1 fully saturated rings. The number of sulfonamides is 1. The molecule has 0 bridgehead atoms. The lowest BCUT2D eigenvalue weighted by Crippen LogP contribution is -2.52. The van der Waals surface area contributed by atoms with Crippen molar-refractivity contribution >= 4 is 27.5 Å². The number of carbonyl (C=O) groups excluding carboxylic acids is 1. The summed E-state index contributed by atoms with van der Waals surface area (Å²) in [5.74, 6) is -0.888. The molecule has 0 saturated carbocycles. The minimum atomic E-state index is -3.97. The maximum atomic E-state index is 13.5. The highest BCUT2D eigenvalue weighted by Gasteiger charge is 2.39. The van der Waals surface area contributed by atoms with Gasteiger partial charge in [-0.2, -0.15) is 4.31 Å². The Balaban J connectivity index is 2.06. The van der Waals surface area contributed by atoms with E-state index in [2.05, 4.69) is 5.32 Å². The molecule has 2 aromatic carbocycles. The van der Waals surface area contributed by atoms with Gasteiger partial charge in [0.2, 0.25) is 15.9 Å². The van der Waals surface area contributed by atoms with Crippen molar-refractivity contribution in [3.05, 3.63) is 64.4 Å². The van der Waals surface area contributed by atoms with E-state index in [0.29, 0.717) is 10.6 Å². The van der Waals surface area contributed by atoms with Gasteiger partial charge in [-0.1, -0.05) is 23.7 Å². The fourth-order valence-electron chi connectivity index (χ4n) is 2.78. The van der Waals surface area contributed by atoms with Crippen LogP contribution in [0.3, 0.4) is 0 Å². The van der Waals surface area contributed by atoms with Crippen molar-refractivity contribution < 1.29 is 17.6 Å². The van der Waals surface area contributed by atoms with E-state index in [1.165, 1.54) is 19.1 Å². The first-order chi connectivity index (χ1) is 11.8. The van der Waals surface area contributed by atoms with Crippen LogP contribution in [0, 0.1) is 12.7 Å². The number of amides is 1. The minimum Gasteiger partial charge on any atom is -0.353 e. The number of benzene rings is 2. The Kier molecular flexibility index (Phi) is 4.81. The van der Waals surface area contributed by atoms with Gasteiger partial charge in [0.25, 0.3) is 0 Å². The van der Waals surface area contributed by atoms with E-state index >= 15 is 0 Å². The second kappa shape index (κ2) is 6.74. The van der Waals surface area contributed by atoms with E-state index in [4.69, 9.17) is 11.6 Å². The van der Waals surface area contributed by atoms with Crippen LogP contribution in [-0.4, -0.2) is 31.7 Å². The van der Waals surface area contributed by atoms with Crippen LogP contribution < -0.4 is 5.32 Å². The Morgan fingerprint density at radius 3 is 2.52 bits per heavy atom. The van der Waals surface area contributed by atoms with Gasteiger partial charge in [-0.05, 0) is 48.4 Å². The first-order valence-corrected chi connectivity index (χ1v) is 9.43. The Morgan fingerprint density at radius 1 is 1.20 bits per heavy atom. The molecular weight excluding hydrogens is 367 g/mol. The number of piperazine rings is 1. The number of carbonyl (C=O) groups is 1. The van der Waals surface area contributed by atoms with Crippen LogP contribution in [0.25, 0.3) is 0 Å². The van der Waals surface area contributed by atoms with Gasteiger partial charge in [0.1, 0.15) is 11.9 Å². The predicted octanol–water partition coefficient (Wildman–Crippen LogP) is 2.65. The normalized spacial score (nSPS) is 18.8. The second-order valence-corrected chi connectivity index (χ2v) is 8.10. The standard InChI is InChI=1S/C17H16ClFN2O3S/c1-11-10-14(6-7-15(11)19)25(23,24)21-9-8-20-17(22)16(21)12-2-4-13(18)5-3-12/h2-7,10,16H,8-9H2,1H3,(H,20,22). The minimum absolute atomic E-state index is 0.0416. The van der Waals surface area contributed by atoms with Crippen LogP contribution in [0.1, 0.15) is 17.2 Å². The molecule has 1 saturated heterocycles. The molecule has 3 rings (SSSR count). The molecule has 2 aromatic rings. The fraction of sp³-hybridized carbons (Fsp3) is 0.235. The third kappa shape index (κ3) is 3.40. The van der Waals surface area contributed by atoms with Gasteiger partial charge in [0, 0.05) is 18.1 Å². The van der Waals surface area contributed by atoms with Gasteiger partial charge in [-0.3, -0.25) is 4.79 Å². The summed E-state index contributed by atoms with van der Waals surface area (Å²) in [7, 11) is -3.97. The topological polar surface area (TPSA) is 66.5 Å². The lowest BCUT2D eigenvalue weighted by atomic mass is 10.1. The quantitative estimate of drug-likeness (QED) is 0.887. The molecule has 0 aliphatic carbocycles. The summed E-state index contributed by atoms with van der Waals surface area (Å²) in [5, 5.41) is 3.17. The molecular formula is C17H16ClFN2O3S. The molecule has 1 atom stereocenters. The Labute approximate surface area is 150 Å². The van der Waals surface area contributed by atoms with Crippen molar-refractivity contribution in [1.82, 2.24) is 9.62 Å². The van der Waals surface area contributed by atoms with Crippen molar-refractivity contribution in [2.75, 3.05) is 13.1 Å². The predicted molar refractivity (Wildman–Crippen MR) is 92.2 cm³/mol. The molecule has 1 unspecified atom stereocenters. The molecule has 0 aromatic heterocycles. The first kappa shape index (κ1) is 17.8. The summed E-state index contributed by atoms with van der Waals surface area (Å²) in [5.41, 5.74) is 0.745. The number of rotatable bonds is 3. The number of halogens is 2. The van der Waals surface area contributed by atoms with E-state index in [9.17, 15) is 17.6 Å². The molecule has 1 amide bonds. The molecule has 1 aliphatic heterocycles. The zero-order chi connectivity index (χ0) is 18.2. The molecule has 1 heterocycles. The summed E-state index contributed by atoms with van der Waals surface area (Å²) in [4.78, 5) is 12.3. The van der Waals surface area contributed by atoms with E-state index in [-0.39, 0.29) is 23.5 Å². The van der Waals surface area contributed by atoms with E-state index in [0.717, 1.165) is 10.4 Å². The second-order valence-electron chi connectivity index (χ2n) is 5.77. The van der Waals surface area contributed by atoms with E-state index in [1.54, 1.807) is 24.3 Å². The third-order valence-electron chi connectivity index (χ3n) is 4.09. The van der Waals surface area contributed by atoms with Gasteiger partial charge in [-0.25, -0.2) is 12.8 Å². The summed E-state index contributed by atoms with van der Waals surface area (Å²) in [6, 6.07) is 9.05. The van der Waals surface area contributed by atoms with E-state index in [1.807, 2.05) is 0 Å². The zero-order valence-electron chi connectivity index (χ0n) is 13.4. The third-order valence-corrected chi connectivity index (χ3v) is 6.20. The van der Waals surface area contributed by atoms with Crippen molar-refractivity contribution in [2.45, 2.75) is 17.9 Å². The van der Waals surface area contributed by atoms with Gasteiger partial charge >= 0.3 is 0 Å². The van der Waals surface area contributed by atoms with Crippen LogP contribution >= 0.6 is 11.6 Å². The fourth-order valence-corrected chi connectivity index (χ4v) is 4.57. The van der Waals surface area contributed by atoms with E-state index < -0.39 is 27.8 Å². The molecule has 5 nitrogen and oxygen atoms in total. The monoisotopic (exact) mass is 382 g/mol. The Hall–Kier alpha value is -1.96. The lowest BCUT2D eigenvalue weighted by Gasteiger charge is -2.34. The maximum Gasteiger partial charge on any atom is 0.244 e. The smallest absolute Gasteiger partial charge is 0.244 e. The summed E-state index contributed by atoms with van der Waals surface area (Å²) >= 11 is 5.87. The van der Waals surface area contributed by atoms with Gasteiger partial charge in [0.15, 0.2) is 0 Å². The van der Waals surface area contributed by atoms with Crippen LogP contribution in [0.5, 0.6) is 0 Å². The molecule has 8 heteroatoms. The highest BCUT2D eigenvalue weighted by atomic mass is 35.5. The Morgan fingerprint density at radius 2 is 1.88 bits per heavy atom. The van der Waals surface area contributed by atoms with Crippen LogP contribution in [0.4, 0.5) is 4.39 Å². The first-order valence-electron chi connectivity index (χ1n) is 7.62. The largest absolute Gasteiger partial charge is 0.353 e. The molecule has 0 radical (unpaired) electrons. The molecule has 0 spiro atoms. The average Bonchev–Trinajstić information content (AvgIpc) is 2.58. The summed E-state index contributed by atoms with van der Waals surface area (Å²) < 4.78 is 40.7. The number of nitrogens with zero attached hydrogens (tertiary/aromatic N) is 1. The van der Waals surface area contributed by atoms with Gasteiger partial charge in [-0.15, -0.1) is 0 Å². The maximum absolute atomic E-state index is 13.5. The summed E-state index contributed by atoms with van der Waals surface area (Å²) in [6.45, 7) is 1.83. The zero-order valence-corrected chi connectivity index (χ0v) is 14.9. The molecule has 25 heavy (non-hydrogen) atoms. The molecule has 1 aliphatic rings. The number of hydrogen-bond donors (Lipinski definition) is 1.